The van der Waals surface area contributed by atoms with E-state index in [9.17, 15) is 4.79 Å². The summed E-state index contributed by atoms with van der Waals surface area (Å²) in [5, 5.41) is 9.29. The lowest BCUT2D eigenvalue weighted by Gasteiger charge is -2.21. The van der Waals surface area contributed by atoms with Gasteiger partial charge < -0.3 is 9.32 Å². The Morgan fingerprint density at radius 2 is 1.90 bits per heavy atom. The van der Waals surface area contributed by atoms with Crippen molar-refractivity contribution in [2.24, 2.45) is 0 Å². The number of allylic oxidation sites excluding steroid dienone is 1. The minimum Gasteiger partial charge on any atom is -0.467 e. The van der Waals surface area contributed by atoms with Gasteiger partial charge in [-0.05, 0) is 36.4 Å². The molecule has 1 amide bonds. The third kappa shape index (κ3) is 4.92. The summed E-state index contributed by atoms with van der Waals surface area (Å²) in [5.74, 6) is 1.59. The maximum atomic E-state index is 13.2. The lowest BCUT2D eigenvalue weighted by Crippen LogP contribution is -2.31. The van der Waals surface area contributed by atoms with Crippen molar-refractivity contribution in [3.05, 3.63) is 91.7 Å². The maximum Gasteiger partial charge on any atom is 0.237 e. The second-order valence-corrected chi connectivity index (χ2v) is 7.57. The number of carbonyl (C=O) groups is 1. The molecule has 0 unspecified atom stereocenters. The standard InChI is InChI=1S/C23H21N5O2S/c1-2-14-27-22(18-10-12-24-13-11-18)25-26-23(27)31-17-21(29)28(16-20-9-6-15-30-20)19-7-4-3-5-8-19/h2-13,15H,1,14,16-17H2. The van der Waals surface area contributed by atoms with Crippen molar-refractivity contribution in [3.63, 3.8) is 0 Å². The van der Waals surface area contributed by atoms with E-state index in [4.69, 9.17) is 4.42 Å². The van der Waals surface area contributed by atoms with Crippen LogP contribution < -0.4 is 4.90 Å². The maximum absolute atomic E-state index is 13.2. The first-order valence-electron chi connectivity index (χ1n) is 9.71. The molecule has 3 aromatic heterocycles. The highest BCUT2D eigenvalue weighted by Crippen LogP contribution is 2.25. The number of rotatable bonds is 9. The predicted octanol–water partition coefficient (Wildman–Crippen LogP) is 4.44. The van der Waals surface area contributed by atoms with Crippen LogP contribution >= 0.6 is 11.8 Å². The van der Waals surface area contributed by atoms with Crippen molar-refractivity contribution in [2.75, 3.05) is 10.7 Å². The van der Waals surface area contributed by atoms with Crippen LogP contribution in [-0.2, 0) is 17.9 Å². The number of hydrogen-bond donors (Lipinski definition) is 0. The number of carbonyl (C=O) groups excluding carboxylic acids is 1. The molecule has 0 saturated heterocycles. The molecular weight excluding hydrogens is 410 g/mol. The van der Waals surface area contributed by atoms with Crippen LogP contribution in [0.5, 0.6) is 0 Å². The van der Waals surface area contributed by atoms with Gasteiger partial charge in [-0.2, -0.15) is 0 Å². The molecule has 4 rings (SSSR count). The fourth-order valence-electron chi connectivity index (χ4n) is 3.10. The molecule has 4 aromatic rings. The van der Waals surface area contributed by atoms with Crippen LogP contribution in [0.15, 0.2) is 95.5 Å². The fraction of sp³-hybridized carbons (Fsp3) is 0.130. The Bertz CT molecular complexity index is 1130. The number of amides is 1. The van der Waals surface area contributed by atoms with Crippen LogP contribution in [-0.4, -0.2) is 31.4 Å². The van der Waals surface area contributed by atoms with Crippen molar-refractivity contribution in [3.8, 4) is 11.4 Å². The molecule has 0 spiro atoms. The quantitative estimate of drug-likeness (QED) is 0.288. The first kappa shape index (κ1) is 20.6. The first-order chi connectivity index (χ1) is 15.3. The van der Waals surface area contributed by atoms with Gasteiger partial charge in [0.15, 0.2) is 11.0 Å². The molecule has 0 atom stereocenters. The highest BCUT2D eigenvalue weighted by Gasteiger charge is 2.20. The molecule has 31 heavy (non-hydrogen) atoms. The number of nitrogens with zero attached hydrogens (tertiary/aromatic N) is 5. The van der Waals surface area contributed by atoms with Gasteiger partial charge in [-0.25, -0.2) is 0 Å². The van der Waals surface area contributed by atoms with Gasteiger partial charge in [0.1, 0.15) is 5.76 Å². The summed E-state index contributed by atoms with van der Waals surface area (Å²) in [6.07, 6.45) is 6.82. The number of thioether (sulfide) groups is 1. The minimum atomic E-state index is -0.0498. The number of benzene rings is 1. The first-order valence-corrected chi connectivity index (χ1v) is 10.7. The fourth-order valence-corrected chi connectivity index (χ4v) is 3.92. The van der Waals surface area contributed by atoms with E-state index in [0.29, 0.717) is 24.1 Å². The summed E-state index contributed by atoms with van der Waals surface area (Å²) in [4.78, 5) is 18.9. The molecule has 1 aromatic carbocycles. The molecule has 0 radical (unpaired) electrons. The van der Waals surface area contributed by atoms with E-state index in [2.05, 4.69) is 21.8 Å². The van der Waals surface area contributed by atoms with Crippen LogP contribution in [0.1, 0.15) is 5.76 Å². The molecule has 0 aliphatic rings. The molecule has 0 saturated carbocycles. The largest absolute Gasteiger partial charge is 0.467 e. The van der Waals surface area contributed by atoms with E-state index >= 15 is 0 Å². The van der Waals surface area contributed by atoms with Crippen LogP contribution in [0.4, 0.5) is 5.69 Å². The van der Waals surface area contributed by atoms with E-state index in [1.807, 2.05) is 59.2 Å². The Morgan fingerprint density at radius 3 is 2.61 bits per heavy atom. The van der Waals surface area contributed by atoms with Crippen molar-refractivity contribution in [1.29, 1.82) is 0 Å². The van der Waals surface area contributed by atoms with Crippen molar-refractivity contribution in [1.82, 2.24) is 19.7 Å². The summed E-state index contributed by atoms with van der Waals surface area (Å²) in [5.41, 5.74) is 1.72. The molecule has 0 N–H and O–H groups in total. The summed E-state index contributed by atoms with van der Waals surface area (Å²) < 4.78 is 7.40. The van der Waals surface area contributed by atoms with Crippen LogP contribution in [0.2, 0.25) is 0 Å². The van der Waals surface area contributed by atoms with Crippen molar-refractivity contribution in [2.45, 2.75) is 18.2 Å². The molecule has 0 fully saturated rings. The van der Waals surface area contributed by atoms with Gasteiger partial charge in [0.2, 0.25) is 5.91 Å². The Hall–Kier alpha value is -3.65. The lowest BCUT2D eigenvalue weighted by molar-refractivity contribution is -0.116. The summed E-state index contributed by atoms with van der Waals surface area (Å²) in [6.45, 7) is 4.73. The molecule has 0 aliphatic heterocycles. The average Bonchev–Trinajstić information content (AvgIpc) is 3.47. The topological polar surface area (TPSA) is 77.0 Å². The summed E-state index contributed by atoms with van der Waals surface area (Å²) in [6, 6.07) is 17.0. The molecule has 8 heteroatoms. The zero-order valence-corrected chi connectivity index (χ0v) is 17.6. The minimum absolute atomic E-state index is 0.0498. The molecular formula is C23H21N5O2S. The van der Waals surface area contributed by atoms with Gasteiger partial charge in [-0.15, -0.1) is 16.8 Å². The highest BCUT2D eigenvalue weighted by molar-refractivity contribution is 7.99. The summed E-state index contributed by atoms with van der Waals surface area (Å²) >= 11 is 1.35. The van der Waals surface area contributed by atoms with Gasteiger partial charge in [-0.1, -0.05) is 36.0 Å². The third-order valence-corrected chi connectivity index (χ3v) is 5.51. The Balaban J connectivity index is 1.53. The van der Waals surface area contributed by atoms with E-state index in [0.717, 1.165) is 17.0 Å². The number of hydrogen-bond acceptors (Lipinski definition) is 6. The second-order valence-electron chi connectivity index (χ2n) is 6.62. The highest BCUT2D eigenvalue weighted by atomic mass is 32.2. The van der Waals surface area contributed by atoms with Crippen LogP contribution in [0.25, 0.3) is 11.4 Å². The monoisotopic (exact) mass is 431 g/mol. The van der Waals surface area contributed by atoms with E-state index < -0.39 is 0 Å². The molecule has 3 heterocycles. The number of anilines is 1. The average molecular weight is 432 g/mol. The number of aromatic nitrogens is 4. The zero-order chi connectivity index (χ0) is 21.5. The molecule has 156 valence electrons. The second kappa shape index (κ2) is 9.90. The number of para-hydroxylation sites is 1. The SMILES string of the molecule is C=CCn1c(SCC(=O)N(Cc2ccco2)c2ccccc2)nnc1-c1ccncc1. The van der Waals surface area contributed by atoms with E-state index in [-0.39, 0.29) is 11.7 Å². The van der Waals surface area contributed by atoms with Gasteiger partial charge in [0.25, 0.3) is 0 Å². The summed E-state index contributed by atoms with van der Waals surface area (Å²) in [7, 11) is 0. The van der Waals surface area contributed by atoms with Gasteiger partial charge in [0.05, 0.1) is 18.6 Å². The van der Waals surface area contributed by atoms with Gasteiger partial charge >= 0.3 is 0 Å². The van der Waals surface area contributed by atoms with Crippen LogP contribution in [0.3, 0.4) is 0 Å². The van der Waals surface area contributed by atoms with Crippen LogP contribution in [0, 0.1) is 0 Å². The van der Waals surface area contributed by atoms with Crippen molar-refractivity contribution >= 4 is 23.4 Å². The predicted molar refractivity (Wildman–Crippen MR) is 121 cm³/mol. The van der Waals surface area contributed by atoms with Gasteiger partial charge in [-0.3, -0.25) is 14.3 Å². The lowest BCUT2D eigenvalue weighted by atomic mass is 10.2. The Labute approximate surface area is 184 Å². The molecule has 7 nitrogen and oxygen atoms in total. The van der Waals surface area contributed by atoms with Crippen molar-refractivity contribution < 1.29 is 9.21 Å². The van der Waals surface area contributed by atoms with Gasteiger partial charge in [0, 0.05) is 30.2 Å². The molecule has 0 bridgehead atoms. The number of pyridine rings is 1. The smallest absolute Gasteiger partial charge is 0.237 e. The van der Waals surface area contributed by atoms with E-state index in [1.165, 1.54) is 11.8 Å². The normalized spacial score (nSPS) is 10.7. The number of furan rings is 1. The third-order valence-electron chi connectivity index (χ3n) is 4.55. The zero-order valence-electron chi connectivity index (χ0n) is 16.8. The Kier molecular flexibility index (Phi) is 6.59. The molecule has 0 aliphatic carbocycles. The Morgan fingerprint density at radius 1 is 1.10 bits per heavy atom. The van der Waals surface area contributed by atoms with E-state index in [1.54, 1.807) is 29.6 Å².